The second-order valence-corrected chi connectivity index (χ2v) is 5.82. The molecule has 2 nitrogen and oxygen atoms in total. The number of nitrogens with zero attached hydrogens (tertiary/aromatic N) is 1. The van der Waals surface area contributed by atoms with Gasteiger partial charge in [0, 0.05) is 23.7 Å². The summed E-state index contributed by atoms with van der Waals surface area (Å²) in [5, 5.41) is 5.61. The zero-order valence-corrected chi connectivity index (χ0v) is 12.1. The average molecular weight is 260 g/mol. The van der Waals surface area contributed by atoms with E-state index in [2.05, 4.69) is 66.9 Å². The molecule has 1 N–H and O–H groups in total. The zero-order valence-electron chi connectivity index (χ0n) is 11.2. The van der Waals surface area contributed by atoms with Crippen LogP contribution in [0.3, 0.4) is 0 Å². The second kappa shape index (κ2) is 6.03. The van der Waals surface area contributed by atoms with Crippen LogP contribution in [0.4, 0.5) is 5.69 Å². The molecule has 0 aliphatic carbocycles. The fourth-order valence-corrected chi connectivity index (χ4v) is 2.71. The minimum Gasteiger partial charge on any atom is -0.380 e. The summed E-state index contributed by atoms with van der Waals surface area (Å²) in [6.07, 6.45) is 0. The Balaban J connectivity index is 1.92. The Morgan fingerprint density at radius 1 is 1.11 bits per heavy atom. The summed E-state index contributed by atoms with van der Waals surface area (Å²) >= 11 is 1.81. The number of nitrogens with one attached hydrogen (secondary N) is 1. The summed E-state index contributed by atoms with van der Waals surface area (Å²) in [5.41, 5.74) is 3.90. The zero-order chi connectivity index (χ0) is 13.0. The smallest absolute Gasteiger partial charge is 0.0496 e. The molecule has 18 heavy (non-hydrogen) atoms. The molecule has 1 heterocycles. The summed E-state index contributed by atoms with van der Waals surface area (Å²) in [5.74, 6) is 0. The molecule has 0 aliphatic heterocycles. The summed E-state index contributed by atoms with van der Waals surface area (Å²) in [4.78, 5) is 3.59. The third-order valence-corrected chi connectivity index (χ3v) is 3.90. The SMILES string of the molecule is Cc1ccsc1CNc1ccc(CN(C)C)cc1. The van der Waals surface area contributed by atoms with Crippen molar-refractivity contribution < 1.29 is 0 Å². The Kier molecular flexibility index (Phi) is 4.39. The van der Waals surface area contributed by atoms with Crippen molar-refractivity contribution in [2.24, 2.45) is 0 Å². The van der Waals surface area contributed by atoms with Gasteiger partial charge < -0.3 is 10.2 Å². The van der Waals surface area contributed by atoms with E-state index in [9.17, 15) is 0 Å². The molecule has 0 saturated carbocycles. The van der Waals surface area contributed by atoms with Crippen LogP contribution in [0.2, 0.25) is 0 Å². The summed E-state index contributed by atoms with van der Waals surface area (Å²) in [7, 11) is 4.18. The number of hydrogen-bond donors (Lipinski definition) is 1. The third kappa shape index (κ3) is 3.59. The van der Waals surface area contributed by atoms with Crippen LogP contribution < -0.4 is 5.32 Å². The Hall–Kier alpha value is -1.32. The molecule has 0 atom stereocenters. The first-order valence-electron chi connectivity index (χ1n) is 6.15. The van der Waals surface area contributed by atoms with Crippen molar-refractivity contribution in [3.05, 3.63) is 51.7 Å². The normalized spacial score (nSPS) is 10.9. The quantitative estimate of drug-likeness (QED) is 0.881. The Morgan fingerprint density at radius 2 is 1.83 bits per heavy atom. The molecule has 2 aromatic rings. The van der Waals surface area contributed by atoms with Crippen molar-refractivity contribution in [3.63, 3.8) is 0 Å². The van der Waals surface area contributed by atoms with Gasteiger partial charge in [-0.3, -0.25) is 0 Å². The van der Waals surface area contributed by atoms with E-state index in [1.807, 2.05) is 11.3 Å². The Bertz CT molecular complexity index is 485. The number of hydrogen-bond acceptors (Lipinski definition) is 3. The molecule has 0 spiro atoms. The van der Waals surface area contributed by atoms with Gasteiger partial charge in [-0.1, -0.05) is 12.1 Å². The van der Waals surface area contributed by atoms with Crippen LogP contribution in [0.25, 0.3) is 0 Å². The topological polar surface area (TPSA) is 15.3 Å². The van der Waals surface area contributed by atoms with Crippen molar-refractivity contribution in [1.29, 1.82) is 0 Å². The number of benzene rings is 1. The molecule has 96 valence electrons. The number of aryl methyl sites for hydroxylation is 1. The first-order valence-corrected chi connectivity index (χ1v) is 7.03. The molecule has 3 heteroatoms. The minimum atomic E-state index is 0.913. The fraction of sp³-hybridized carbons (Fsp3) is 0.333. The lowest BCUT2D eigenvalue weighted by molar-refractivity contribution is 0.402. The standard InChI is InChI=1S/C15H20N2S/c1-12-8-9-18-15(12)10-16-14-6-4-13(5-7-14)11-17(2)3/h4-9,16H,10-11H2,1-3H3. The number of anilines is 1. The summed E-state index contributed by atoms with van der Waals surface area (Å²) in [6, 6.07) is 10.8. The number of thiophene rings is 1. The van der Waals surface area contributed by atoms with Crippen molar-refractivity contribution >= 4 is 17.0 Å². The lowest BCUT2D eigenvalue weighted by Gasteiger charge is -2.11. The average Bonchev–Trinajstić information content (AvgIpc) is 2.73. The lowest BCUT2D eigenvalue weighted by atomic mass is 10.2. The van der Waals surface area contributed by atoms with Crippen LogP contribution in [-0.2, 0) is 13.1 Å². The highest BCUT2D eigenvalue weighted by Gasteiger charge is 2.00. The van der Waals surface area contributed by atoms with E-state index in [-0.39, 0.29) is 0 Å². The van der Waals surface area contributed by atoms with Crippen molar-refractivity contribution in [2.75, 3.05) is 19.4 Å². The van der Waals surface area contributed by atoms with Gasteiger partial charge in [-0.05, 0) is 55.7 Å². The molecular formula is C15H20N2S. The molecule has 0 saturated heterocycles. The Morgan fingerprint density at radius 3 is 2.39 bits per heavy atom. The first kappa shape index (κ1) is 13.1. The third-order valence-electron chi connectivity index (χ3n) is 2.87. The monoisotopic (exact) mass is 260 g/mol. The van der Waals surface area contributed by atoms with E-state index in [0.29, 0.717) is 0 Å². The van der Waals surface area contributed by atoms with E-state index in [1.165, 1.54) is 21.7 Å². The van der Waals surface area contributed by atoms with Crippen molar-refractivity contribution in [2.45, 2.75) is 20.0 Å². The highest BCUT2D eigenvalue weighted by atomic mass is 32.1. The highest BCUT2D eigenvalue weighted by molar-refractivity contribution is 7.10. The summed E-state index contributed by atoms with van der Waals surface area (Å²) in [6.45, 7) is 4.06. The molecule has 0 unspecified atom stereocenters. The van der Waals surface area contributed by atoms with Gasteiger partial charge in [-0.2, -0.15) is 0 Å². The maximum absolute atomic E-state index is 3.47. The van der Waals surface area contributed by atoms with Gasteiger partial charge in [0.05, 0.1) is 0 Å². The number of rotatable bonds is 5. The molecule has 1 aromatic carbocycles. The second-order valence-electron chi connectivity index (χ2n) is 4.82. The first-order chi connectivity index (χ1) is 8.65. The van der Waals surface area contributed by atoms with Crippen LogP contribution in [0.1, 0.15) is 16.0 Å². The molecule has 0 aliphatic rings. The maximum Gasteiger partial charge on any atom is 0.0496 e. The van der Waals surface area contributed by atoms with Crippen molar-refractivity contribution in [3.8, 4) is 0 Å². The van der Waals surface area contributed by atoms with Crippen LogP contribution >= 0.6 is 11.3 Å². The molecule has 2 rings (SSSR count). The minimum absolute atomic E-state index is 0.913. The lowest BCUT2D eigenvalue weighted by Crippen LogP contribution is -2.10. The summed E-state index contributed by atoms with van der Waals surface area (Å²) < 4.78 is 0. The maximum atomic E-state index is 3.47. The van der Waals surface area contributed by atoms with E-state index < -0.39 is 0 Å². The van der Waals surface area contributed by atoms with E-state index in [1.54, 1.807) is 0 Å². The Labute approximate surface area is 113 Å². The fourth-order valence-electron chi connectivity index (χ4n) is 1.86. The van der Waals surface area contributed by atoms with Gasteiger partial charge >= 0.3 is 0 Å². The van der Waals surface area contributed by atoms with Gasteiger partial charge in [0.2, 0.25) is 0 Å². The van der Waals surface area contributed by atoms with Crippen LogP contribution in [0.15, 0.2) is 35.7 Å². The molecular weight excluding hydrogens is 240 g/mol. The van der Waals surface area contributed by atoms with Crippen LogP contribution in [0, 0.1) is 6.92 Å². The highest BCUT2D eigenvalue weighted by Crippen LogP contribution is 2.18. The van der Waals surface area contributed by atoms with Gasteiger partial charge in [0.15, 0.2) is 0 Å². The molecule has 0 bridgehead atoms. The van der Waals surface area contributed by atoms with E-state index in [0.717, 1.165) is 13.1 Å². The van der Waals surface area contributed by atoms with E-state index in [4.69, 9.17) is 0 Å². The van der Waals surface area contributed by atoms with Gasteiger partial charge in [0.1, 0.15) is 0 Å². The van der Waals surface area contributed by atoms with Gasteiger partial charge in [-0.15, -0.1) is 11.3 Å². The van der Waals surface area contributed by atoms with Crippen LogP contribution in [-0.4, -0.2) is 19.0 Å². The predicted molar refractivity (Wildman–Crippen MR) is 80.2 cm³/mol. The van der Waals surface area contributed by atoms with Crippen LogP contribution in [0.5, 0.6) is 0 Å². The molecule has 0 fully saturated rings. The predicted octanol–water partition coefficient (Wildman–Crippen LogP) is 3.73. The van der Waals surface area contributed by atoms with Gasteiger partial charge in [0.25, 0.3) is 0 Å². The van der Waals surface area contributed by atoms with Crippen molar-refractivity contribution in [1.82, 2.24) is 4.90 Å². The molecule has 0 radical (unpaired) electrons. The van der Waals surface area contributed by atoms with Gasteiger partial charge in [-0.25, -0.2) is 0 Å². The molecule has 1 aromatic heterocycles. The van der Waals surface area contributed by atoms with E-state index >= 15 is 0 Å². The largest absolute Gasteiger partial charge is 0.380 e. The molecule has 0 amide bonds.